The van der Waals surface area contributed by atoms with Crippen LogP contribution in [0.15, 0.2) is 54.6 Å². The third kappa shape index (κ3) is 5.78. The third-order valence-corrected chi connectivity index (χ3v) is 7.41. The average molecular weight is 512 g/mol. The van der Waals surface area contributed by atoms with Gasteiger partial charge in [-0.1, -0.05) is 23.7 Å². The molecule has 0 atom stereocenters. The number of amides is 1. The maximum atomic E-state index is 12.6. The summed E-state index contributed by atoms with van der Waals surface area (Å²) in [4.78, 5) is 12.6. The van der Waals surface area contributed by atoms with Gasteiger partial charge in [0.25, 0.3) is 5.91 Å². The average Bonchev–Trinajstić information content (AvgIpc) is 3.79. The Hall–Kier alpha value is -1.98. The predicted octanol–water partition coefficient (Wildman–Crippen LogP) is 6.54. The van der Waals surface area contributed by atoms with Crippen molar-refractivity contribution in [1.82, 2.24) is 5.32 Å². The standard InChI is InChI=1S/C30H30ClNO3.Na.H/c31-24-11-3-19(4-12-24)15-16-32-30(33)22-9-13-25(14-10-22)35-29-26(20-5-6-20)18-23-2-1-17-34-28(23)27(29)21-7-8-21;;/h3-4,9-14,18,20-21H,1-2,5-8,15-17H2,(H,32,33);;. The summed E-state index contributed by atoms with van der Waals surface area (Å²) in [6, 6.07) is 17.5. The Morgan fingerprint density at radius 2 is 1.72 bits per heavy atom. The molecule has 182 valence electrons. The second kappa shape index (κ2) is 11.2. The molecule has 0 unspecified atom stereocenters. The number of halogens is 1. The molecule has 3 aromatic carbocycles. The molecule has 0 saturated heterocycles. The fraction of sp³-hybridized carbons (Fsp3) is 0.367. The fourth-order valence-electron chi connectivity index (χ4n) is 4.96. The van der Waals surface area contributed by atoms with Crippen molar-refractivity contribution >= 4 is 47.1 Å². The van der Waals surface area contributed by atoms with Crippen LogP contribution in [-0.2, 0) is 12.8 Å². The van der Waals surface area contributed by atoms with E-state index in [2.05, 4.69) is 11.4 Å². The summed E-state index contributed by atoms with van der Waals surface area (Å²) in [6.07, 6.45) is 7.81. The first-order chi connectivity index (χ1) is 17.2. The van der Waals surface area contributed by atoms with Gasteiger partial charge in [0.05, 0.1) is 6.61 Å². The molecule has 1 amide bonds. The number of nitrogens with one attached hydrogen (secondary N) is 1. The Morgan fingerprint density at radius 3 is 2.42 bits per heavy atom. The van der Waals surface area contributed by atoms with E-state index < -0.39 is 0 Å². The summed E-state index contributed by atoms with van der Waals surface area (Å²) in [5.41, 5.74) is 5.77. The number of rotatable bonds is 8. The molecule has 2 saturated carbocycles. The van der Waals surface area contributed by atoms with Crippen molar-refractivity contribution in [3.63, 3.8) is 0 Å². The van der Waals surface area contributed by atoms with Crippen LogP contribution in [0.3, 0.4) is 0 Å². The van der Waals surface area contributed by atoms with Crippen LogP contribution in [0.5, 0.6) is 17.2 Å². The first kappa shape index (κ1) is 25.7. The number of ether oxygens (including phenoxy) is 2. The van der Waals surface area contributed by atoms with Crippen LogP contribution in [-0.4, -0.2) is 48.6 Å². The molecular weight excluding hydrogens is 481 g/mol. The molecule has 0 radical (unpaired) electrons. The van der Waals surface area contributed by atoms with Crippen molar-refractivity contribution in [3.05, 3.63) is 87.4 Å². The molecule has 0 spiro atoms. The minimum absolute atomic E-state index is 0. The van der Waals surface area contributed by atoms with E-state index in [1.165, 1.54) is 42.4 Å². The summed E-state index contributed by atoms with van der Waals surface area (Å²) in [5, 5.41) is 3.72. The summed E-state index contributed by atoms with van der Waals surface area (Å²) in [6.45, 7) is 1.36. The van der Waals surface area contributed by atoms with Crippen LogP contribution in [0.1, 0.15) is 76.6 Å². The number of hydrogen-bond donors (Lipinski definition) is 1. The Bertz CT molecular complexity index is 1230. The number of aryl methyl sites for hydroxylation is 1. The number of carbonyl (C=O) groups is 1. The molecule has 6 heteroatoms. The van der Waals surface area contributed by atoms with Gasteiger partial charge in [-0.2, -0.15) is 0 Å². The molecule has 0 aromatic heterocycles. The van der Waals surface area contributed by atoms with Crippen molar-refractivity contribution in [1.29, 1.82) is 0 Å². The predicted molar refractivity (Wildman–Crippen MR) is 145 cm³/mol. The molecule has 3 aliphatic rings. The van der Waals surface area contributed by atoms with Crippen molar-refractivity contribution in [2.45, 2.75) is 56.8 Å². The van der Waals surface area contributed by atoms with Crippen molar-refractivity contribution in [2.24, 2.45) is 0 Å². The number of benzene rings is 3. The van der Waals surface area contributed by atoms with Gasteiger partial charge in [-0.05, 0) is 116 Å². The van der Waals surface area contributed by atoms with Crippen molar-refractivity contribution in [3.8, 4) is 17.2 Å². The number of fused-ring (bicyclic) bond motifs is 1. The van der Waals surface area contributed by atoms with E-state index in [9.17, 15) is 4.79 Å². The van der Waals surface area contributed by atoms with Crippen LogP contribution in [0.4, 0.5) is 0 Å². The molecule has 0 bridgehead atoms. The van der Waals surface area contributed by atoms with E-state index in [1.54, 1.807) is 0 Å². The van der Waals surface area contributed by atoms with Crippen LogP contribution in [0.25, 0.3) is 0 Å². The van der Waals surface area contributed by atoms with E-state index in [0.717, 1.165) is 53.7 Å². The first-order valence-electron chi connectivity index (χ1n) is 12.8. The fourth-order valence-corrected chi connectivity index (χ4v) is 5.09. The topological polar surface area (TPSA) is 47.6 Å². The Balaban J connectivity index is 0.00000267. The molecule has 2 fully saturated rings. The molecule has 1 N–H and O–H groups in total. The quantitative estimate of drug-likeness (QED) is 0.349. The van der Waals surface area contributed by atoms with Gasteiger partial charge in [0, 0.05) is 22.7 Å². The second-order valence-electron chi connectivity index (χ2n) is 9.96. The molecule has 36 heavy (non-hydrogen) atoms. The molecule has 1 heterocycles. The van der Waals surface area contributed by atoms with Gasteiger partial charge in [-0.3, -0.25) is 4.79 Å². The normalized spacial score (nSPS) is 16.4. The van der Waals surface area contributed by atoms with Crippen LogP contribution in [0.2, 0.25) is 5.02 Å². The van der Waals surface area contributed by atoms with Crippen molar-refractivity contribution < 1.29 is 14.3 Å². The van der Waals surface area contributed by atoms with E-state index >= 15 is 0 Å². The maximum absolute atomic E-state index is 12.6. The van der Waals surface area contributed by atoms with Crippen LogP contribution >= 0.6 is 11.6 Å². The SMILES string of the molecule is O=C(NCCc1ccc(Cl)cc1)c1ccc(Oc2c(C3CC3)cc3c(c2C2CC2)OCCC3)cc1.[NaH]. The number of hydrogen-bond acceptors (Lipinski definition) is 3. The van der Waals surface area contributed by atoms with Gasteiger partial charge in [0.2, 0.25) is 0 Å². The Labute approximate surface area is 240 Å². The molecule has 6 rings (SSSR count). The second-order valence-corrected chi connectivity index (χ2v) is 10.4. The van der Waals surface area contributed by atoms with E-state index in [-0.39, 0.29) is 35.5 Å². The zero-order valence-electron chi connectivity index (χ0n) is 19.8. The summed E-state index contributed by atoms with van der Waals surface area (Å²) >= 11 is 5.94. The molecule has 1 aliphatic heterocycles. The van der Waals surface area contributed by atoms with Gasteiger partial charge in [-0.25, -0.2) is 0 Å². The van der Waals surface area contributed by atoms with Gasteiger partial charge < -0.3 is 14.8 Å². The zero-order chi connectivity index (χ0) is 23.8. The van der Waals surface area contributed by atoms with Gasteiger partial charge in [0.15, 0.2) is 0 Å². The van der Waals surface area contributed by atoms with Gasteiger partial charge >= 0.3 is 29.6 Å². The number of carbonyl (C=O) groups excluding carboxylic acids is 1. The zero-order valence-corrected chi connectivity index (χ0v) is 20.6. The summed E-state index contributed by atoms with van der Waals surface area (Å²) in [7, 11) is 0. The van der Waals surface area contributed by atoms with Crippen LogP contribution < -0.4 is 14.8 Å². The van der Waals surface area contributed by atoms with Gasteiger partial charge in [-0.15, -0.1) is 0 Å². The van der Waals surface area contributed by atoms with E-state index in [4.69, 9.17) is 21.1 Å². The monoisotopic (exact) mass is 511 g/mol. The van der Waals surface area contributed by atoms with E-state index in [1.807, 2.05) is 48.5 Å². The molecular formula is C30H31ClNNaO3. The van der Waals surface area contributed by atoms with Gasteiger partial charge in [0.1, 0.15) is 17.2 Å². The van der Waals surface area contributed by atoms with Crippen LogP contribution in [0, 0.1) is 0 Å². The molecule has 4 nitrogen and oxygen atoms in total. The van der Waals surface area contributed by atoms with E-state index in [0.29, 0.717) is 23.9 Å². The third-order valence-electron chi connectivity index (χ3n) is 7.16. The summed E-state index contributed by atoms with van der Waals surface area (Å²) in [5.74, 6) is 3.92. The Kier molecular flexibility index (Phi) is 7.97. The minimum atomic E-state index is -0.0787. The molecule has 2 aliphatic carbocycles. The molecule has 3 aromatic rings. The summed E-state index contributed by atoms with van der Waals surface area (Å²) < 4.78 is 12.7. The Morgan fingerprint density at radius 1 is 1.00 bits per heavy atom. The van der Waals surface area contributed by atoms with Crippen molar-refractivity contribution in [2.75, 3.05) is 13.2 Å². The first-order valence-corrected chi connectivity index (χ1v) is 13.2.